The standard InChI is InChI=1S/C18H29N/c1-3-5-6-18-12-11-17(14-19-18)13-16-9-7-15(4-2)8-10-16/h11-12,14-16H,3-10,13H2,1-2H3. The van der Waals surface area contributed by atoms with Crippen LogP contribution in [0.2, 0.25) is 0 Å². The number of hydrogen-bond donors (Lipinski definition) is 0. The molecule has 1 aromatic rings. The molecule has 0 bridgehead atoms. The van der Waals surface area contributed by atoms with Crippen LogP contribution in [-0.2, 0) is 12.8 Å². The van der Waals surface area contributed by atoms with E-state index in [1.54, 1.807) is 0 Å². The number of aromatic nitrogens is 1. The van der Waals surface area contributed by atoms with Gasteiger partial charge in [-0.25, -0.2) is 0 Å². The van der Waals surface area contributed by atoms with Gasteiger partial charge in [0.05, 0.1) is 0 Å². The maximum Gasteiger partial charge on any atom is 0.0403 e. The molecule has 0 saturated heterocycles. The van der Waals surface area contributed by atoms with Gasteiger partial charge in [-0.1, -0.05) is 45.6 Å². The Labute approximate surface area is 118 Å². The van der Waals surface area contributed by atoms with Crippen LogP contribution in [0.5, 0.6) is 0 Å². The first kappa shape index (κ1) is 14.6. The first-order valence-electron chi connectivity index (χ1n) is 8.25. The number of aryl methyl sites for hydroxylation is 1. The summed E-state index contributed by atoms with van der Waals surface area (Å²) in [6.07, 6.45) is 14.1. The first-order valence-corrected chi connectivity index (χ1v) is 8.25. The van der Waals surface area contributed by atoms with E-state index in [-0.39, 0.29) is 0 Å². The first-order chi connectivity index (χ1) is 9.31. The summed E-state index contributed by atoms with van der Waals surface area (Å²) in [6.45, 7) is 4.57. The SMILES string of the molecule is CCCCc1ccc(CC2CCC(CC)CC2)cn1. The molecule has 0 atom stereocenters. The topological polar surface area (TPSA) is 12.9 Å². The fourth-order valence-corrected chi connectivity index (χ4v) is 3.26. The highest BCUT2D eigenvalue weighted by Gasteiger charge is 2.20. The lowest BCUT2D eigenvalue weighted by atomic mass is 9.78. The minimum Gasteiger partial charge on any atom is -0.261 e. The van der Waals surface area contributed by atoms with Crippen molar-refractivity contribution in [2.75, 3.05) is 0 Å². The molecule has 19 heavy (non-hydrogen) atoms. The van der Waals surface area contributed by atoms with Gasteiger partial charge in [0.25, 0.3) is 0 Å². The van der Waals surface area contributed by atoms with Gasteiger partial charge in [-0.3, -0.25) is 4.98 Å². The van der Waals surface area contributed by atoms with Gasteiger partial charge in [0.1, 0.15) is 0 Å². The largest absolute Gasteiger partial charge is 0.261 e. The van der Waals surface area contributed by atoms with Crippen LogP contribution in [0.25, 0.3) is 0 Å². The second-order valence-corrected chi connectivity index (χ2v) is 6.26. The van der Waals surface area contributed by atoms with Crippen molar-refractivity contribution in [1.82, 2.24) is 4.98 Å². The summed E-state index contributed by atoms with van der Waals surface area (Å²) >= 11 is 0. The number of unbranched alkanes of at least 4 members (excludes halogenated alkanes) is 1. The van der Waals surface area contributed by atoms with E-state index in [1.807, 2.05) is 0 Å². The Morgan fingerprint density at radius 1 is 1.05 bits per heavy atom. The van der Waals surface area contributed by atoms with E-state index in [2.05, 4.69) is 37.2 Å². The molecule has 1 aliphatic carbocycles. The highest BCUT2D eigenvalue weighted by molar-refractivity contribution is 5.15. The summed E-state index contributed by atoms with van der Waals surface area (Å²) in [4.78, 5) is 4.61. The lowest BCUT2D eigenvalue weighted by Gasteiger charge is -2.27. The number of rotatable bonds is 6. The molecule has 1 aliphatic rings. The lowest BCUT2D eigenvalue weighted by Crippen LogP contribution is -2.15. The molecule has 0 radical (unpaired) electrons. The van der Waals surface area contributed by atoms with E-state index in [1.165, 1.54) is 62.6 Å². The molecule has 0 unspecified atom stereocenters. The van der Waals surface area contributed by atoms with Crippen molar-refractivity contribution in [1.29, 1.82) is 0 Å². The molecule has 1 nitrogen and oxygen atoms in total. The van der Waals surface area contributed by atoms with Gasteiger partial charge in [-0.15, -0.1) is 0 Å². The van der Waals surface area contributed by atoms with E-state index in [0.29, 0.717) is 0 Å². The average Bonchev–Trinajstić information content (AvgIpc) is 2.47. The summed E-state index contributed by atoms with van der Waals surface area (Å²) in [5.74, 6) is 1.91. The van der Waals surface area contributed by atoms with Crippen LogP contribution >= 0.6 is 0 Å². The zero-order chi connectivity index (χ0) is 13.5. The van der Waals surface area contributed by atoms with Crippen molar-refractivity contribution >= 4 is 0 Å². The van der Waals surface area contributed by atoms with E-state index in [9.17, 15) is 0 Å². The highest BCUT2D eigenvalue weighted by atomic mass is 14.7. The third kappa shape index (κ3) is 4.63. The minimum absolute atomic E-state index is 0.908. The normalized spacial score (nSPS) is 23.5. The van der Waals surface area contributed by atoms with Crippen molar-refractivity contribution in [3.8, 4) is 0 Å². The van der Waals surface area contributed by atoms with Crippen LogP contribution in [0, 0.1) is 11.8 Å². The molecular weight excluding hydrogens is 230 g/mol. The number of hydrogen-bond acceptors (Lipinski definition) is 1. The Hall–Kier alpha value is -0.850. The number of nitrogens with zero attached hydrogens (tertiary/aromatic N) is 1. The Kier molecular flexibility index (Phi) is 5.88. The van der Waals surface area contributed by atoms with Crippen LogP contribution in [0.15, 0.2) is 18.3 Å². The minimum atomic E-state index is 0.908. The van der Waals surface area contributed by atoms with Gasteiger partial charge in [0.15, 0.2) is 0 Å². The molecule has 1 saturated carbocycles. The molecule has 2 rings (SSSR count). The van der Waals surface area contributed by atoms with Gasteiger partial charge in [-0.2, -0.15) is 0 Å². The van der Waals surface area contributed by atoms with E-state index < -0.39 is 0 Å². The zero-order valence-electron chi connectivity index (χ0n) is 12.7. The third-order valence-corrected chi connectivity index (χ3v) is 4.74. The van der Waals surface area contributed by atoms with E-state index in [0.717, 1.165) is 18.3 Å². The lowest BCUT2D eigenvalue weighted by molar-refractivity contribution is 0.268. The fraction of sp³-hybridized carbons (Fsp3) is 0.722. The fourth-order valence-electron chi connectivity index (χ4n) is 3.26. The molecule has 0 spiro atoms. The second kappa shape index (κ2) is 7.67. The van der Waals surface area contributed by atoms with Gasteiger partial charge in [0, 0.05) is 11.9 Å². The quantitative estimate of drug-likeness (QED) is 0.685. The van der Waals surface area contributed by atoms with E-state index >= 15 is 0 Å². The van der Waals surface area contributed by atoms with Crippen molar-refractivity contribution in [2.24, 2.45) is 11.8 Å². The maximum atomic E-state index is 4.61. The maximum absolute atomic E-state index is 4.61. The molecular formula is C18H29N. The van der Waals surface area contributed by atoms with Gasteiger partial charge in [0.2, 0.25) is 0 Å². The van der Waals surface area contributed by atoms with E-state index in [4.69, 9.17) is 0 Å². The summed E-state index contributed by atoms with van der Waals surface area (Å²) in [6, 6.07) is 4.55. The van der Waals surface area contributed by atoms with Crippen LogP contribution in [0.4, 0.5) is 0 Å². The zero-order valence-corrected chi connectivity index (χ0v) is 12.7. The van der Waals surface area contributed by atoms with Crippen LogP contribution < -0.4 is 0 Å². The molecule has 1 aromatic heterocycles. The summed E-state index contributed by atoms with van der Waals surface area (Å²) in [7, 11) is 0. The summed E-state index contributed by atoms with van der Waals surface area (Å²) < 4.78 is 0. The molecule has 1 heteroatoms. The molecule has 0 aliphatic heterocycles. The molecule has 1 fully saturated rings. The Bertz CT molecular complexity index is 346. The molecule has 106 valence electrons. The molecule has 0 N–H and O–H groups in total. The highest BCUT2D eigenvalue weighted by Crippen LogP contribution is 2.32. The molecule has 0 amide bonds. The monoisotopic (exact) mass is 259 g/mol. The molecule has 1 heterocycles. The predicted octanol–water partition coefficient (Wildman–Crippen LogP) is 5.18. The Morgan fingerprint density at radius 3 is 2.37 bits per heavy atom. The van der Waals surface area contributed by atoms with Crippen LogP contribution in [0.3, 0.4) is 0 Å². The predicted molar refractivity (Wildman–Crippen MR) is 82.3 cm³/mol. The van der Waals surface area contributed by atoms with Crippen molar-refractivity contribution in [3.63, 3.8) is 0 Å². The van der Waals surface area contributed by atoms with Crippen molar-refractivity contribution < 1.29 is 0 Å². The van der Waals surface area contributed by atoms with Gasteiger partial charge < -0.3 is 0 Å². The molecule has 0 aromatic carbocycles. The van der Waals surface area contributed by atoms with Gasteiger partial charge in [-0.05, 0) is 55.6 Å². The summed E-state index contributed by atoms with van der Waals surface area (Å²) in [5, 5.41) is 0. The Morgan fingerprint density at radius 2 is 1.79 bits per heavy atom. The van der Waals surface area contributed by atoms with Crippen LogP contribution in [-0.4, -0.2) is 4.98 Å². The van der Waals surface area contributed by atoms with Crippen LogP contribution in [0.1, 0.15) is 70.1 Å². The smallest absolute Gasteiger partial charge is 0.0403 e. The van der Waals surface area contributed by atoms with Gasteiger partial charge >= 0.3 is 0 Å². The average molecular weight is 259 g/mol. The second-order valence-electron chi connectivity index (χ2n) is 6.26. The number of pyridine rings is 1. The third-order valence-electron chi connectivity index (χ3n) is 4.74. The van der Waals surface area contributed by atoms with Crippen molar-refractivity contribution in [2.45, 2.75) is 71.6 Å². The Balaban J connectivity index is 1.79. The van der Waals surface area contributed by atoms with Crippen molar-refractivity contribution in [3.05, 3.63) is 29.6 Å². The summed E-state index contributed by atoms with van der Waals surface area (Å²) in [5.41, 5.74) is 2.71.